The van der Waals surface area contributed by atoms with Crippen molar-refractivity contribution in [2.75, 3.05) is 24.7 Å². The fourth-order valence-corrected chi connectivity index (χ4v) is 3.61. The van der Waals surface area contributed by atoms with Crippen LogP contribution in [0.25, 0.3) is 0 Å². The van der Waals surface area contributed by atoms with E-state index in [4.69, 9.17) is 9.84 Å². The molecule has 2 rings (SSSR count). The van der Waals surface area contributed by atoms with Gasteiger partial charge in [-0.05, 0) is 6.42 Å². The first-order valence-electron chi connectivity index (χ1n) is 5.08. The van der Waals surface area contributed by atoms with Crippen molar-refractivity contribution in [2.24, 2.45) is 5.92 Å². The number of ether oxygens (including phenoxy) is 1. The van der Waals surface area contributed by atoms with Gasteiger partial charge in [-0.15, -0.1) is 0 Å². The molecular weight excluding hydrogens is 218 g/mol. The smallest absolute Gasteiger partial charge is 0.321 e. The highest BCUT2D eigenvalue weighted by Crippen LogP contribution is 2.20. The zero-order chi connectivity index (χ0) is 10.8. The fraction of sp³-hybridized carbons (Fsp3) is 0.889. The zero-order valence-corrected chi connectivity index (χ0v) is 9.16. The average Bonchev–Trinajstić information content (AvgIpc) is 2.69. The van der Waals surface area contributed by atoms with E-state index < -0.39 is 22.8 Å². The van der Waals surface area contributed by atoms with Crippen LogP contribution in [-0.4, -0.2) is 52.1 Å². The van der Waals surface area contributed by atoms with Crippen LogP contribution in [0.5, 0.6) is 0 Å². The second kappa shape index (κ2) is 4.59. The van der Waals surface area contributed by atoms with Crippen LogP contribution < -0.4 is 5.32 Å². The fourth-order valence-electron chi connectivity index (χ4n) is 2.09. The third-order valence-corrected chi connectivity index (χ3v) is 4.40. The highest BCUT2D eigenvalue weighted by atomic mass is 32.2. The Morgan fingerprint density at radius 2 is 2.27 bits per heavy atom. The number of hydrogen-bond acceptors (Lipinski definition) is 4. The Labute approximate surface area is 90.6 Å². The second-order valence-electron chi connectivity index (χ2n) is 4.06. The average molecular weight is 233 g/mol. The molecule has 0 aromatic rings. The molecular formula is C9H15NO4S. The van der Waals surface area contributed by atoms with Crippen molar-refractivity contribution in [3.05, 3.63) is 0 Å². The van der Waals surface area contributed by atoms with Gasteiger partial charge in [0.25, 0.3) is 0 Å². The monoisotopic (exact) mass is 233 g/mol. The summed E-state index contributed by atoms with van der Waals surface area (Å²) in [6, 6.07) is -0.631. The van der Waals surface area contributed by atoms with E-state index in [0.29, 0.717) is 18.3 Å². The molecule has 2 heterocycles. The standard InChI is InChI=1S/C9H15NO4S/c11-9(12)8-5-15(13)4-7(10-8)6-1-2-14-3-6/h6-8,10H,1-5H2,(H,11,12). The van der Waals surface area contributed by atoms with Gasteiger partial charge < -0.3 is 9.84 Å². The van der Waals surface area contributed by atoms with Gasteiger partial charge in [-0.25, -0.2) is 0 Å². The Bertz CT molecular complexity index is 277. The molecule has 15 heavy (non-hydrogen) atoms. The number of hydrogen-bond donors (Lipinski definition) is 2. The van der Waals surface area contributed by atoms with Gasteiger partial charge in [0.05, 0.1) is 6.61 Å². The van der Waals surface area contributed by atoms with Gasteiger partial charge in [0.1, 0.15) is 6.04 Å². The van der Waals surface area contributed by atoms with Crippen molar-refractivity contribution in [1.82, 2.24) is 5.32 Å². The third-order valence-electron chi connectivity index (χ3n) is 2.97. The maximum Gasteiger partial charge on any atom is 0.321 e. The van der Waals surface area contributed by atoms with Crippen molar-refractivity contribution in [1.29, 1.82) is 0 Å². The molecule has 5 nitrogen and oxygen atoms in total. The summed E-state index contributed by atoms with van der Waals surface area (Å²) in [5, 5.41) is 11.9. The van der Waals surface area contributed by atoms with Gasteiger partial charge >= 0.3 is 5.97 Å². The quantitative estimate of drug-likeness (QED) is 0.653. The van der Waals surface area contributed by atoms with Crippen molar-refractivity contribution >= 4 is 16.8 Å². The Morgan fingerprint density at radius 1 is 1.47 bits per heavy atom. The lowest BCUT2D eigenvalue weighted by Gasteiger charge is -2.31. The highest BCUT2D eigenvalue weighted by Gasteiger charge is 2.35. The molecule has 0 bridgehead atoms. The summed E-state index contributed by atoms with van der Waals surface area (Å²) in [4.78, 5) is 10.8. The third kappa shape index (κ3) is 2.56. The van der Waals surface area contributed by atoms with Gasteiger partial charge in [0.15, 0.2) is 0 Å². The first kappa shape index (κ1) is 11.0. The van der Waals surface area contributed by atoms with Gasteiger partial charge in [-0.2, -0.15) is 0 Å². The van der Waals surface area contributed by atoms with Crippen LogP contribution in [0.3, 0.4) is 0 Å². The van der Waals surface area contributed by atoms with Crippen molar-refractivity contribution in [2.45, 2.75) is 18.5 Å². The normalized spacial score (nSPS) is 41.6. The molecule has 2 saturated heterocycles. The van der Waals surface area contributed by atoms with Gasteiger partial charge in [0, 0.05) is 40.9 Å². The van der Waals surface area contributed by atoms with Crippen molar-refractivity contribution < 1.29 is 18.8 Å². The topological polar surface area (TPSA) is 75.6 Å². The van der Waals surface area contributed by atoms with Crippen LogP contribution in [0, 0.1) is 5.92 Å². The lowest BCUT2D eigenvalue weighted by molar-refractivity contribution is -0.139. The first-order chi connectivity index (χ1) is 7.16. The van der Waals surface area contributed by atoms with E-state index in [-0.39, 0.29) is 11.8 Å². The maximum atomic E-state index is 11.5. The van der Waals surface area contributed by atoms with Crippen LogP contribution in [0.4, 0.5) is 0 Å². The van der Waals surface area contributed by atoms with Gasteiger partial charge in [-0.3, -0.25) is 14.3 Å². The van der Waals surface area contributed by atoms with E-state index in [1.807, 2.05) is 0 Å². The molecule has 0 radical (unpaired) electrons. The molecule has 4 atom stereocenters. The van der Waals surface area contributed by atoms with Crippen LogP contribution in [0.15, 0.2) is 0 Å². The summed E-state index contributed by atoms with van der Waals surface area (Å²) < 4.78 is 16.8. The minimum absolute atomic E-state index is 0.0307. The van der Waals surface area contributed by atoms with Gasteiger partial charge in [-0.1, -0.05) is 0 Å². The molecule has 0 spiro atoms. The molecule has 0 saturated carbocycles. The van der Waals surface area contributed by atoms with Crippen LogP contribution in [-0.2, 0) is 20.3 Å². The molecule has 2 fully saturated rings. The summed E-state index contributed by atoms with van der Waals surface area (Å²) in [5.74, 6) is 0.181. The Kier molecular flexibility index (Phi) is 3.38. The predicted octanol–water partition coefficient (Wildman–Crippen LogP) is -0.803. The highest BCUT2D eigenvalue weighted by molar-refractivity contribution is 7.85. The molecule has 2 aliphatic rings. The molecule has 2 N–H and O–H groups in total. The molecule has 0 aliphatic carbocycles. The van der Waals surface area contributed by atoms with Gasteiger partial charge in [0.2, 0.25) is 0 Å². The summed E-state index contributed by atoms with van der Waals surface area (Å²) in [5.41, 5.74) is 0. The Hall–Kier alpha value is -0.460. The SMILES string of the molecule is O=C(O)C1CS(=O)CC(C2CCOC2)N1. The number of carbonyl (C=O) groups is 1. The van der Waals surface area contributed by atoms with E-state index in [9.17, 15) is 9.00 Å². The molecule has 6 heteroatoms. The zero-order valence-electron chi connectivity index (χ0n) is 8.35. The number of aliphatic carboxylic acids is 1. The minimum atomic E-state index is -1.02. The number of nitrogens with one attached hydrogen (secondary N) is 1. The minimum Gasteiger partial charge on any atom is -0.480 e. The largest absolute Gasteiger partial charge is 0.480 e. The molecule has 86 valence electrons. The van der Waals surface area contributed by atoms with E-state index in [1.165, 1.54) is 0 Å². The van der Waals surface area contributed by atoms with Crippen molar-refractivity contribution in [3.8, 4) is 0 Å². The Balaban J connectivity index is 1.99. The summed E-state index contributed by atoms with van der Waals surface area (Å²) >= 11 is 0. The van der Waals surface area contributed by atoms with E-state index in [0.717, 1.165) is 13.0 Å². The lowest BCUT2D eigenvalue weighted by atomic mass is 9.99. The number of carboxylic acid groups (broad SMARTS) is 1. The summed E-state index contributed by atoms with van der Waals surface area (Å²) in [6.45, 7) is 1.38. The number of carboxylic acids is 1. The number of rotatable bonds is 2. The van der Waals surface area contributed by atoms with E-state index in [1.54, 1.807) is 0 Å². The Morgan fingerprint density at radius 3 is 2.87 bits per heavy atom. The van der Waals surface area contributed by atoms with E-state index in [2.05, 4.69) is 5.32 Å². The molecule has 2 aliphatic heterocycles. The molecule has 0 amide bonds. The first-order valence-corrected chi connectivity index (χ1v) is 6.57. The second-order valence-corrected chi connectivity index (χ2v) is 5.61. The molecule has 4 unspecified atom stereocenters. The van der Waals surface area contributed by atoms with E-state index >= 15 is 0 Å². The van der Waals surface area contributed by atoms with Crippen LogP contribution >= 0.6 is 0 Å². The molecule has 0 aromatic heterocycles. The predicted molar refractivity (Wildman–Crippen MR) is 55.1 cm³/mol. The van der Waals surface area contributed by atoms with Crippen LogP contribution in [0.2, 0.25) is 0 Å². The van der Waals surface area contributed by atoms with Crippen molar-refractivity contribution in [3.63, 3.8) is 0 Å². The lowest BCUT2D eigenvalue weighted by Crippen LogP contribution is -2.56. The van der Waals surface area contributed by atoms with Crippen LogP contribution in [0.1, 0.15) is 6.42 Å². The maximum absolute atomic E-state index is 11.5. The summed E-state index contributed by atoms with van der Waals surface area (Å²) in [7, 11) is -1.02. The molecule has 0 aromatic carbocycles. The summed E-state index contributed by atoms with van der Waals surface area (Å²) in [6.07, 6.45) is 0.932.